The van der Waals surface area contributed by atoms with E-state index in [-0.39, 0.29) is 12.1 Å². The number of para-hydroxylation sites is 2. The van der Waals surface area contributed by atoms with Crippen LogP contribution < -0.4 is 20.5 Å². The average molecular weight is 366 g/mol. The van der Waals surface area contributed by atoms with E-state index in [1.165, 1.54) is 0 Å². The average Bonchev–Trinajstić information content (AvgIpc) is 3.24. The number of anilines is 1. The van der Waals surface area contributed by atoms with Crippen molar-refractivity contribution in [3.05, 3.63) is 47.8 Å². The van der Waals surface area contributed by atoms with Gasteiger partial charge in [0.15, 0.2) is 11.5 Å². The van der Waals surface area contributed by atoms with E-state index >= 15 is 0 Å². The molecule has 1 atom stereocenters. The van der Waals surface area contributed by atoms with Crippen molar-refractivity contribution in [2.75, 3.05) is 18.4 Å². The lowest BCUT2D eigenvalue weighted by molar-refractivity contribution is -0.0647. The van der Waals surface area contributed by atoms with Crippen LogP contribution in [0.5, 0.6) is 11.5 Å². The van der Waals surface area contributed by atoms with E-state index in [9.17, 15) is 4.79 Å². The van der Waals surface area contributed by atoms with Crippen molar-refractivity contribution >= 4 is 11.7 Å². The predicted molar refractivity (Wildman–Crippen MR) is 99.9 cm³/mol. The molecule has 0 radical (unpaired) electrons. The third kappa shape index (κ3) is 2.98. The number of nitrogens with one attached hydrogen (secondary N) is 1. The molecule has 2 aliphatic heterocycles. The fourth-order valence-electron chi connectivity index (χ4n) is 4.05. The van der Waals surface area contributed by atoms with Crippen LogP contribution in [0.4, 0.5) is 10.5 Å². The van der Waals surface area contributed by atoms with Crippen LogP contribution in [0.3, 0.4) is 0 Å². The van der Waals surface area contributed by atoms with Crippen LogP contribution in [0.25, 0.3) is 0 Å². The van der Waals surface area contributed by atoms with E-state index in [2.05, 4.69) is 10.3 Å². The zero-order valence-corrected chi connectivity index (χ0v) is 15.0. The van der Waals surface area contributed by atoms with Gasteiger partial charge in [-0.2, -0.15) is 0 Å². The second-order valence-corrected chi connectivity index (χ2v) is 7.50. The van der Waals surface area contributed by atoms with Gasteiger partial charge in [0.1, 0.15) is 0 Å². The molecule has 1 aliphatic carbocycles. The molecule has 2 aromatic rings. The third-order valence-electron chi connectivity index (χ3n) is 5.47. The normalized spacial score (nSPS) is 22.0. The first kappa shape index (κ1) is 16.4. The Hall–Kier alpha value is -2.80. The minimum absolute atomic E-state index is 0.169. The maximum absolute atomic E-state index is 12.7. The number of nitrogens with zero attached hydrogens (tertiary/aromatic N) is 2. The molecule has 7 heteroatoms. The Morgan fingerprint density at radius 3 is 2.85 bits per heavy atom. The van der Waals surface area contributed by atoms with Gasteiger partial charge in [-0.25, -0.2) is 4.79 Å². The highest BCUT2D eigenvalue weighted by Crippen LogP contribution is 2.42. The molecule has 27 heavy (non-hydrogen) atoms. The smallest absolute Gasteiger partial charge is 0.322 e. The number of carbonyl (C=O) groups excluding carboxylic acids is 1. The molecule has 1 unspecified atom stereocenters. The number of aromatic nitrogens is 1. The number of hydrogen-bond acceptors (Lipinski definition) is 5. The van der Waals surface area contributed by atoms with Crippen molar-refractivity contribution in [1.29, 1.82) is 0 Å². The molecule has 3 aliphatic rings. The zero-order valence-electron chi connectivity index (χ0n) is 15.0. The number of benzene rings is 1. The van der Waals surface area contributed by atoms with Gasteiger partial charge in [-0.15, -0.1) is 0 Å². The van der Waals surface area contributed by atoms with Gasteiger partial charge in [0, 0.05) is 24.7 Å². The number of pyridine rings is 1. The molecule has 3 heterocycles. The van der Waals surface area contributed by atoms with Gasteiger partial charge in [0.25, 0.3) is 5.79 Å². The first-order chi connectivity index (χ1) is 13.1. The number of nitrogens with two attached hydrogens (primary N) is 1. The number of hydrogen-bond donors (Lipinski definition) is 2. The molecule has 5 rings (SSSR count). The molecule has 7 nitrogen and oxygen atoms in total. The Kier molecular flexibility index (Phi) is 3.72. The Morgan fingerprint density at radius 2 is 2.07 bits per heavy atom. The maximum atomic E-state index is 12.7. The van der Waals surface area contributed by atoms with Crippen molar-refractivity contribution in [2.45, 2.75) is 37.5 Å². The maximum Gasteiger partial charge on any atom is 0.322 e. The van der Waals surface area contributed by atoms with Gasteiger partial charge < -0.3 is 25.4 Å². The highest BCUT2D eigenvalue weighted by atomic mass is 16.7. The highest BCUT2D eigenvalue weighted by Gasteiger charge is 2.48. The number of rotatable bonds is 1. The number of aryl methyl sites for hydroxylation is 1. The Bertz CT molecular complexity index is 876. The summed E-state index contributed by atoms with van der Waals surface area (Å²) in [6, 6.07) is 9.58. The zero-order chi connectivity index (χ0) is 18.4. The summed E-state index contributed by atoms with van der Waals surface area (Å²) in [5, 5.41) is 2.95. The van der Waals surface area contributed by atoms with Gasteiger partial charge in [0.05, 0.1) is 18.4 Å². The molecule has 0 saturated carbocycles. The summed E-state index contributed by atoms with van der Waals surface area (Å²) < 4.78 is 12.0. The van der Waals surface area contributed by atoms with Gasteiger partial charge in [0.2, 0.25) is 0 Å². The van der Waals surface area contributed by atoms with Crippen molar-refractivity contribution in [3.8, 4) is 11.5 Å². The van der Waals surface area contributed by atoms with E-state index in [4.69, 9.17) is 15.2 Å². The molecule has 3 N–H and O–H groups in total. The van der Waals surface area contributed by atoms with E-state index in [0.717, 1.165) is 42.0 Å². The van der Waals surface area contributed by atoms with Crippen molar-refractivity contribution < 1.29 is 14.3 Å². The fourth-order valence-corrected chi connectivity index (χ4v) is 4.05. The second-order valence-electron chi connectivity index (χ2n) is 7.50. The highest BCUT2D eigenvalue weighted by molar-refractivity contribution is 5.89. The van der Waals surface area contributed by atoms with Crippen molar-refractivity contribution in [3.63, 3.8) is 0 Å². The Labute approximate surface area is 157 Å². The van der Waals surface area contributed by atoms with Crippen molar-refractivity contribution in [1.82, 2.24) is 9.88 Å². The quantitative estimate of drug-likeness (QED) is 0.808. The number of fused-ring (bicyclic) bond motifs is 2. The lowest BCUT2D eigenvalue weighted by atomic mass is 9.92. The summed E-state index contributed by atoms with van der Waals surface area (Å²) >= 11 is 0. The van der Waals surface area contributed by atoms with Crippen LogP contribution in [0.1, 0.15) is 24.1 Å². The molecule has 0 bridgehead atoms. The number of carbonyl (C=O) groups is 1. The summed E-state index contributed by atoms with van der Waals surface area (Å²) in [5.41, 5.74) is 8.96. The minimum atomic E-state index is -0.776. The number of ether oxygens (including phenoxy) is 2. The molecule has 1 spiro atoms. The number of urea groups is 1. The Morgan fingerprint density at radius 1 is 1.30 bits per heavy atom. The second kappa shape index (κ2) is 6.13. The first-order valence-corrected chi connectivity index (χ1v) is 9.37. The summed E-state index contributed by atoms with van der Waals surface area (Å²) in [6.45, 7) is 0.958. The summed E-state index contributed by atoms with van der Waals surface area (Å²) in [6.07, 6.45) is 5.02. The molecule has 140 valence electrons. The van der Waals surface area contributed by atoms with Gasteiger partial charge in [-0.3, -0.25) is 4.98 Å². The van der Waals surface area contributed by atoms with Gasteiger partial charge in [-0.1, -0.05) is 12.1 Å². The van der Waals surface area contributed by atoms with Crippen LogP contribution in [-0.4, -0.2) is 40.8 Å². The molecule has 1 aromatic carbocycles. The van der Waals surface area contributed by atoms with Gasteiger partial charge >= 0.3 is 6.03 Å². The van der Waals surface area contributed by atoms with E-state index in [0.29, 0.717) is 25.2 Å². The van der Waals surface area contributed by atoms with Crippen LogP contribution in [0.15, 0.2) is 36.5 Å². The van der Waals surface area contributed by atoms with Gasteiger partial charge in [-0.05, 0) is 43.0 Å². The minimum Gasteiger partial charge on any atom is -0.447 e. The summed E-state index contributed by atoms with van der Waals surface area (Å²) in [7, 11) is 0. The predicted octanol–water partition coefficient (Wildman–Crippen LogP) is 2.30. The molecular formula is C20H22N4O3. The number of amides is 2. The van der Waals surface area contributed by atoms with E-state index in [1.807, 2.05) is 30.3 Å². The number of likely N-dealkylation sites (tertiary alicyclic amines) is 1. The largest absolute Gasteiger partial charge is 0.447 e. The standard InChI is InChI=1S/C20H22N4O3/c21-14-5-6-16-13(9-14)10-15(11-22-16)23-19(25)24-8-7-20(12-24)26-17-3-1-2-4-18(17)27-20/h1-4,10-11,14H,5-9,12,21H2,(H,23,25). The van der Waals surface area contributed by atoms with E-state index in [1.54, 1.807) is 11.1 Å². The monoisotopic (exact) mass is 366 g/mol. The summed E-state index contributed by atoms with van der Waals surface area (Å²) in [4.78, 5) is 18.9. The molecule has 1 saturated heterocycles. The lowest BCUT2D eigenvalue weighted by Gasteiger charge is -2.24. The lowest BCUT2D eigenvalue weighted by Crippen LogP contribution is -2.43. The SMILES string of the molecule is NC1CCc2ncc(NC(=O)N3CCC4(C3)Oc3ccccc3O4)cc2C1. The topological polar surface area (TPSA) is 89.7 Å². The molecule has 1 fully saturated rings. The summed E-state index contributed by atoms with van der Waals surface area (Å²) in [5.74, 6) is 0.687. The first-order valence-electron chi connectivity index (χ1n) is 9.37. The van der Waals surface area contributed by atoms with Crippen LogP contribution in [0.2, 0.25) is 0 Å². The third-order valence-corrected chi connectivity index (χ3v) is 5.47. The molecular weight excluding hydrogens is 344 g/mol. The van der Waals surface area contributed by atoms with Crippen molar-refractivity contribution in [2.24, 2.45) is 5.73 Å². The van der Waals surface area contributed by atoms with Crippen LogP contribution in [0, 0.1) is 0 Å². The van der Waals surface area contributed by atoms with Crippen LogP contribution >= 0.6 is 0 Å². The fraction of sp³-hybridized carbons (Fsp3) is 0.400. The molecule has 2 amide bonds. The molecule has 1 aromatic heterocycles. The Balaban J connectivity index is 1.26. The van der Waals surface area contributed by atoms with Crippen LogP contribution in [-0.2, 0) is 12.8 Å². The van der Waals surface area contributed by atoms with E-state index < -0.39 is 5.79 Å².